The van der Waals surface area contributed by atoms with E-state index in [4.69, 9.17) is 9.15 Å². The number of nitrogens with one attached hydrogen (secondary N) is 1. The summed E-state index contributed by atoms with van der Waals surface area (Å²) < 4.78 is 24.7. The van der Waals surface area contributed by atoms with Gasteiger partial charge in [0.25, 0.3) is 5.91 Å². The third-order valence-electron chi connectivity index (χ3n) is 5.97. The van der Waals surface area contributed by atoms with Crippen molar-refractivity contribution in [2.75, 3.05) is 0 Å². The van der Waals surface area contributed by atoms with Gasteiger partial charge in [-0.2, -0.15) is 0 Å². The van der Waals surface area contributed by atoms with Crippen LogP contribution in [0.5, 0.6) is 11.5 Å². The maximum atomic E-state index is 13.1. The molecule has 1 atom stereocenters. The second-order valence-corrected chi connectivity index (χ2v) is 8.66. The highest BCUT2D eigenvalue weighted by atomic mass is 19.1. The first-order chi connectivity index (χ1) is 17.5. The maximum Gasteiger partial charge on any atom is 0.273 e. The Bertz CT molecular complexity index is 1260. The molecule has 1 amide bonds. The fourth-order valence-electron chi connectivity index (χ4n) is 3.73. The molecule has 0 spiro atoms. The summed E-state index contributed by atoms with van der Waals surface area (Å²) in [5.41, 5.74) is 2.12. The molecule has 7 heteroatoms. The molecule has 4 rings (SSSR count). The minimum atomic E-state index is -0.338. The zero-order valence-electron chi connectivity index (χ0n) is 20.5. The summed E-state index contributed by atoms with van der Waals surface area (Å²) in [5.74, 6) is 1.39. The fourth-order valence-corrected chi connectivity index (χ4v) is 3.73. The summed E-state index contributed by atoms with van der Waals surface area (Å²) in [6, 6.07) is 24.0. The average molecular weight is 488 g/mol. The number of benzene rings is 3. The van der Waals surface area contributed by atoms with Gasteiger partial charge in [-0.3, -0.25) is 9.69 Å². The third-order valence-corrected chi connectivity index (χ3v) is 5.97. The molecular weight excluding hydrogens is 457 g/mol. The van der Waals surface area contributed by atoms with E-state index in [1.807, 2.05) is 48.5 Å². The lowest BCUT2D eigenvalue weighted by atomic mass is 10.1. The zero-order valence-corrected chi connectivity index (χ0v) is 20.5. The van der Waals surface area contributed by atoms with Gasteiger partial charge in [0, 0.05) is 19.1 Å². The number of carbonyl (C=O) groups is 1. The van der Waals surface area contributed by atoms with Gasteiger partial charge in [0.1, 0.15) is 23.6 Å². The topological polar surface area (TPSA) is 67.6 Å². The molecule has 0 saturated heterocycles. The highest BCUT2D eigenvalue weighted by Crippen LogP contribution is 2.23. The van der Waals surface area contributed by atoms with Crippen LogP contribution in [0.3, 0.4) is 0 Å². The number of amides is 1. The van der Waals surface area contributed by atoms with E-state index in [0.717, 1.165) is 29.0 Å². The highest BCUT2D eigenvalue weighted by Gasteiger charge is 2.19. The number of para-hydroxylation sites is 1. The molecule has 186 valence electrons. The maximum absolute atomic E-state index is 13.1. The molecule has 0 aliphatic heterocycles. The number of nitrogens with zero attached hydrogens (tertiary/aromatic N) is 2. The van der Waals surface area contributed by atoms with E-state index < -0.39 is 0 Å². The Balaban J connectivity index is 1.39. The molecule has 0 aliphatic rings. The van der Waals surface area contributed by atoms with Crippen molar-refractivity contribution in [3.8, 4) is 11.5 Å². The van der Waals surface area contributed by atoms with E-state index in [1.54, 1.807) is 12.1 Å². The minimum Gasteiger partial charge on any atom is -0.457 e. The third kappa shape index (κ3) is 7.02. The first-order valence-electron chi connectivity index (χ1n) is 12.0. The Morgan fingerprint density at radius 3 is 2.50 bits per heavy atom. The quantitative estimate of drug-likeness (QED) is 0.268. The molecular formula is C29H30FN3O3. The van der Waals surface area contributed by atoms with Gasteiger partial charge >= 0.3 is 0 Å². The van der Waals surface area contributed by atoms with Gasteiger partial charge in [-0.05, 0) is 60.9 Å². The second-order valence-electron chi connectivity index (χ2n) is 8.66. The van der Waals surface area contributed by atoms with Crippen LogP contribution in [-0.2, 0) is 19.6 Å². The fraction of sp³-hybridized carbons (Fsp3) is 0.241. The number of aromatic nitrogens is 1. The van der Waals surface area contributed by atoms with Crippen LogP contribution in [0, 0.1) is 5.82 Å². The SMILES string of the molecule is CCC(C)N(Cc1cccc(Oc2ccccc2)c1)Cc1nc(C(=O)NCc2ccc(F)cc2)co1. The lowest BCUT2D eigenvalue weighted by molar-refractivity contribution is 0.0945. The zero-order chi connectivity index (χ0) is 25.3. The first kappa shape index (κ1) is 25.1. The van der Waals surface area contributed by atoms with E-state index in [1.165, 1.54) is 18.4 Å². The van der Waals surface area contributed by atoms with Crippen molar-refractivity contribution in [3.63, 3.8) is 0 Å². The van der Waals surface area contributed by atoms with Gasteiger partial charge in [-0.25, -0.2) is 9.37 Å². The number of oxazole rings is 1. The molecule has 0 aliphatic carbocycles. The number of ether oxygens (including phenoxy) is 1. The molecule has 0 fully saturated rings. The van der Waals surface area contributed by atoms with Crippen LogP contribution in [0.4, 0.5) is 4.39 Å². The van der Waals surface area contributed by atoms with Crippen molar-refractivity contribution in [1.82, 2.24) is 15.2 Å². The summed E-state index contributed by atoms with van der Waals surface area (Å²) in [6.07, 6.45) is 2.32. The second kappa shape index (κ2) is 12.1. The van der Waals surface area contributed by atoms with Crippen molar-refractivity contribution in [3.05, 3.63) is 114 Å². The summed E-state index contributed by atoms with van der Waals surface area (Å²) in [7, 11) is 0. The molecule has 0 saturated carbocycles. The van der Waals surface area contributed by atoms with Gasteiger partial charge in [0.05, 0.1) is 6.54 Å². The number of halogens is 1. The summed E-state index contributed by atoms with van der Waals surface area (Å²) in [6.45, 7) is 5.71. The molecule has 6 nitrogen and oxygen atoms in total. The number of carbonyl (C=O) groups excluding carboxylic acids is 1. The molecule has 1 aromatic heterocycles. The van der Waals surface area contributed by atoms with Gasteiger partial charge in [-0.1, -0.05) is 49.4 Å². The number of hydrogen-bond acceptors (Lipinski definition) is 5. The minimum absolute atomic E-state index is 0.217. The Kier molecular flexibility index (Phi) is 8.47. The molecule has 4 aromatic rings. The lowest BCUT2D eigenvalue weighted by Crippen LogP contribution is -2.32. The molecule has 0 radical (unpaired) electrons. The van der Waals surface area contributed by atoms with Gasteiger partial charge in [-0.15, -0.1) is 0 Å². The molecule has 0 bridgehead atoms. The summed E-state index contributed by atoms with van der Waals surface area (Å²) in [4.78, 5) is 19.2. The van der Waals surface area contributed by atoms with Crippen LogP contribution in [-0.4, -0.2) is 21.8 Å². The summed E-state index contributed by atoms with van der Waals surface area (Å²) in [5, 5.41) is 2.79. The van der Waals surface area contributed by atoms with Crippen LogP contribution in [0.15, 0.2) is 89.5 Å². The number of hydrogen-bond donors (Lipinski definition) is 1. The summed E-state index contributed by atoms with van der Waals surface area (Å²) >= 11 is 0. The predicted molar refractivity (Wildman–Crippen MR) is 136 cm³/mol. The first-order valence-corrected chi connectivity index (χ1v) is 12.0. The van der Waals surface area contributed by atoms with E-state index >= 15 is 0 Å². The van der Waals surface area contributed by atoms with Gasteiger partial charge in [0.2, 0.25) is 5.89 Å². The van der Waals surface area contributed by atoms with Crippen LogP contribution >= 0.6 is 0 Å². The molecule has 1 unspecified atom stereocenters. The van der Waals surface area contributed by atoms with E-state index in [0.29, 0.717) is 19.0 Å². The van der Waals surface area contributed by atoms with Crippen molar-refractivity contribution in [1.29, 1.82) is 0 Å². The van der Waals surface area contributed by atoms with Crippen LogP contribution in [0.2, 0.25) is 0 Å². The smallest absolute Gasteiger partial charge is 0.273 e. The van der Waals surface area contributed by atoms with Crippen LogP contribution in [0.25, 0.3) is 0 Å². The monoisotopic (exact) mass is 487 g/mol. The van der Waals surface area contributed by atoms with Crippen molar-refractivity contribution < 1.29 is 18.3 Å². The van der Waals surface area contributed by atoms with Crippen LogP contribution < -0.4 is 10.1 Å². The molecule has 3 aromatic carbocycles. The van der Waals surface area contributed by atoms with Gasteiger partial charge < -0.3 is 14.5 Å². The Morgan fingerprint density at radius 2 is 1.75 bits per heavy atom. The molecule has 36 heavy (non-hydrogen) atoms. The standard InChI is InChI=1S/C29H30FN3O3/c1-3-21(2)33(18-23-8-7-11-26(16-23)36-25-9-5-4-6-10-25)19-28-32-27(20-35-28)29(34)31-17-22-12-14-24(30)15-13-22/h4-16,20-21H,3,17-19H2,1-2H3,(H,31,34). The van der Waals surface area contributed by atoms with Crippen molar-refractivity contribution in [2.45, 2.75) is 45.9 Å². The number of rotatable bonds is 11. The molecule has 1 heterocycles. The van der Waals surface area contributed by atoms with Crippen LogP contribution in [0.1, 0.15) is 47.8 Å². The largest absolute Gasteiger partial charge is 0.457 e. The van der Waals surface area contributed by atoms with Crippen molar-refractivity contribution >= 4 is 5.91 Å². The predicted octanol–water partition coefficient (Wildman–Crippen LogP) is 6.34. The Hall–Kier alpha value is -3.97. The lowest BCUT2D eigenvalue weighted by Gasteiger charge is -2.27. The van der Waals surface area contributed by atoms with E-state index in [2.05, 4.69) is 35.1 Å². The average Bonchev–Trinajstić information content (AvgIpc) is 3.37. The normalized spacial score (nSPS) is 11.9. The Labute approximate surface area is 210 Å². The molecule has 1 N–H and O–H groups in total. The van der Waals surface area contributed by atoms with E-state index in [-0.39, 0.29) is 30.0 Å². The van der Waals surface area contributed by atoms with Gasteiger partial charge in [0.15, 0.2) is 5.69 Å². The van der Waals surface area contributed by atoms with E-state index in [9.17, 15) is 9.18 Å². The van der Waals surface area contributed by atoms with Crippen molar-refractivity contribution in [2.24, 2.45) is 0 Å². The Morgan fingerprint density at radius 1 is 1.00 bits per heavy atom. The highest BCUT2D eigenvalue weighted by molar-refractivity contribution is 5.91.